The molecule has 0 aliphatic rings. The SMILES string of the molecule is Cc1cc(C)cc(C(=O)Nc2ccc(C(=O)O)cc2N)c1. The third-order valence-corrected chi connectivity index (χ3v) is 3.03. The van der Waals surface area contributed by atoms with Gasteiger partial charge < -0.3 is 16.2 Å². The van der Waals surface area contributed by atoms with Crippen LogP contribution in [0.15, 0.2) is 36.4 Å². The number of carbonyl (C=O) groups excluding carboxylic acids is 1. The van der Waals surface area contributed by atoms with Crippen molar-refractivity contribution in [2.24, 2.45) is 0 Å². The summed E-state index contributed by atoms with van der Waals surface area (Å²) in [5.74, 6) is -1.34. The molecule has 1 amide bonds. The van der Waals surface area contributed by atoms with Gasteiger partial charge in [0.2, 0.25) is 0 Å². The van der Waals surface area contributed by atoms with Crippen molar-refractivity contribution in [2.75, 3.05) is 11.1 Å². The highest BCUT2D eigenvalue weighted by Crippen LogP contribution is 2.21. The molecule has 0 aliphatic heterocycles. The standard InChI is InChI=1S/C16H16N2O3/c1-9-5-10(2)7-12(6-9)15(19)18-14-4-3-11(16(20)21)8-13(14)17/h3-8H,17H2,1-2H3,(H,18,19)(H,20,21). The summed E-state index contributed by atoms with van der Waals surface area (Å²) < 4.78 is 0. The van der Waals surface area contributed by atoms with Gasteiger partial charge in [0.05, 0.1) is 16.9 Å². The average Bonchev–Trinajstić information content (AvgIpc) is 2.39. The first kappa shape index (κ1) is 14.6. The lowest BCUT2D eigenvalue weighted by Gasteiger charge is -2.10. The minimum absolute atomic E-state index is 0.0805. The van der Waals surface area contributed by atoms with E-state index in [0.29, 0.717) is 11.3 Å². The first-order chi connectivity index (χ1) is 9.86. The van der Waals surface area contributed by atoms with Crippen molar-refractivity contribution in [1.82, 2.24) is 0 Å². The molecule has 0 fully saturated rings. The zero-order valence-corrected chi connectivity index (χ0v) is 11.8. The van der Waals surface area contributed by atoms with Gasteiger partial charge in [-0.25, -0.2) is 4.79 Å². The summed E-state index contributed by atoms with van der Waals surface area (Å²) >= 11 is 0. The number of carboxylic acid groups (broad SMARTS) is 1. The summed E-state index contributed by atoms with van der Waals surface area (Å²) in [6.45, 7) is 3.83. The summed E-state index contributed by atoms with van der Waals surface area (Å²) in [6, 6.07) is 9.75. The molecule has 4 N–H and O–H groups in total. The van der Waals surface area contributed by atoms with Crippen molar-refractivity contribution in [2.45, 2.75) is 13.8 Å². The molecule has 2 rings (SSSR count). The molecule has 5 heteroatoms. The zero-order valence-electron chi connectivity index (χ0n) is 11.8. The molecule has 0 atom stereocenters. The predicted octanol–water partition coefficient (Wildman–Crippen LogP) is 2.84. The van der Waals surface area contributed by atoms with Crippen LogP contribution < -0.4 is 11.1 Å². The van der Waals surface area contributed by atoms with Crippen LogP contribution in [0.4, 0.5) is 11.4 Å². The molecule has 0 aliphatic carbocycles. The molecule has 0 bridgehead atoms. The van der Waals surface area contributed by atoms with Gasteiger partial charge in [0.15, 0.2) is 0 Å². The highest BCUT2D eigenvalue weighted by molar-refractivity contribution is 6.06. The van der Waals surface area contributed by atoms with E-state index in [1.165, 1.54) is 18.2 Å². The molecule has 0 aromatic heterocycles. The Morgan fingerprint density at radius 1 is 1.00 bits per heavy atom. The number of aromatic carboxylic acids is 1. The fourth-order valence-corrected chi connectivity index (χ4v) is 2.11. The van der Waals surface area contributed by atoms with Crippen LogP contribution in [0.2, 0.25) is 0 Å². The number of nitrogens with one attached hydrogen (secondary N) is 1. The van der Waals surface area contributed by atoms with E-state index in [4.69, 9.17) is 10.8 Å². The van der Waals surface area contributed by atoms with Crippen LogP contribution in [0.5, 0.6) is 0 Å². The molecule has 21 heavy (non-hydrogen) atoms. The van der Waals surface area contributed by atoms with Crippen LogP contribution in [0, 0.1) is 13.8 Å². The van der Waals surface area contributed by atoms with Gasteiger partial charge in [-0.3, -0.25) is 4.79 Å². The molecule has 5 nitrogen and oxygen atoms in total. The number of amides is 1. The molecular formula is C16H16N2O3. The van der Waals surface area contributed by atoms with Gasteiger partial charge in [-0.15, -0.1) is 0 Å². The van der Waals surface area contributed by atoms with Gasteiger partial charge in [0, 0.05) is 5.56 Å². The minimum atomic E-state index is -1.06. The fraction of sp³-hybridized carbons (Fsp3) is 0.125. The van der Waals surface area contributed by atoms with Crippen LogP contribution in [0.25, 0.3) is 0 Å². The van der Waals surface area contributed by atoms with Crippen molar-refractivity contribution in [1.29, 1.82) is 0 Å². The third kappa shape index (κ3) is 3.39. The Morgan fingerprint density at radius 3 is 2.14 bits per heavy atom. The van der Waals surface area contributed by atoms with Gasteiger partial charge in [0.1, 0.15) is 0 Å². The second kappa shape index (κ2) is 5.66. The largest absolute Gasteiger partial charge is 0.478 e. The van der Waals surface area contributed by atoms with Crippen molar-refractivity contribution < 1.29 is 14.7 Å². The lowest BCUT2D eigenvalue weighted by atomic mass is 10.1. The summed E-state index contributed by atoms with van der Waals surface area (Å²) in [4.78, 5) is 23.0. The van der Waals surface area contributed by atoms with Crippen LogP contribution in [-0.4, -0.2) is 17.0 Å². The maximum Gasteiger partial charge on any atom is 0.335 e. The Balaban J connectivity index is 2.25. The number of hydrogen-bond acceptors (Lipinski definition) is 3. The fourth-order valence-electron chi connectivity index (χ4n) is 2.11. The molecule has 0 heterocycles. The highest BCUT2D eigenvalue weighted by Gasteiger charge is 2.11. The van der Waals surface area contributed by atoms with Gasteiger partial charge >= 0.3 is 5.97 Å². The highest BCUT2D eigenvalue weighted by atomic mass is 16.4. The average molecular weight is 284 g/mol. The summed E-state index contributed by atoms with van der Waals surface area (Å²) in [6.07, 6.45) is 0. The minimum Gasteiger partial charge on any atom is -0.478 e. The van der Waals surface area contributed by atoms with Gasteiger partial charge in [0.25, 0.3) is 5.91 Å². The number of nitrogen functional groups attached to an aromatic ring is 1. The number of nitrogens with two attached hydrogens (primary N) is 1. The molecule has 0 radical (unpaired) electrons. The Morgan fingerprint density at radius 2 is 1.62 bits per heavy atom. The molecule has 0 unspecified atom stereocenters. The second-order valence-corrected chi connectivity index (χ2v) is 4.94. The lowest BCUT2D eigenvalue weighted by Crippen LogP contribution is -2.14. The quantitative estimate of drug-likeness (QED) is 0.756. The Kier molecular flexibility index (Phi) is 3.93. The molecule has 108 valence electrons. The van der Waals surface area contributed by atoms with Crippen LogP contribution >= 0.6 is 0 Å². The Bertz CT molecular complexity index is 703. The number of aryl methyl sites for hydroxylation is 2. The van der Waals surface area contributed by atoms with E-state index in [1.54, 1.807) is 12.1 Å². The first-order valence-corrected chi connectivity index (χ1v) is 6.39. The van der Waals surface area contributed by atoms with E-state index in [0.717, 1.165) is 11.1 Å². The van der Waals surface area contributed by atoms with Gasteiger partial charge in [-0.05, 0) is 44.2 Å². The number of benzene rings is 2. The number of rotatable bonds is 3. The van der Waals surface area contributed by atoms with Crippen LogP contribution in [0.1, 0.15) is 31.8 Å². The zero-order chi connectivity index (χ0) is 15.6. The topological polar surface area (TPSA) is 92.4 Å². The van der Waals surface area contributed by atoms with E-state index < -0.39 is 5.97 Å². The van der Waals surface area contributed by atoms with E-state index in [9.17, 15) is 9.59 Å². The second-order valence-electron chi connectivity index (χ2n) is 4.94. The third-order valence-electron chi connectivity index (χ3n) is 3.03. The molecule has 0 saturated carbocycles. The summed E-state index contributed by atoms with van der Waals surface area (Å²) in [5, 5.41) is 11.6. The van der Waals surface area contributed by atoms with E-state index in [1.807, 2.05) is 19.9 Å². The molecular weight excluding hydrogens is 268 g/mol. The van der Waals surface area contributed by atoms with Gasteiger partial charge in [-0.2, -0.15) is 0 Å². The molecule has 0 spiro atoms. The van der Waals surface area contributed by atoms with Crippen LogP contribution in [0.3, 0.4) is 0 Å². The van der Waals surface area contributed by atoms with Crippen LogP contribution in [-0.2, 0) is 0 Å². The monoisotopic (exact) mass is 284 g/mol. The smallest absolute Gasteiger partial charge is 0.335 e. The van der Waals surface area contributed by atoms with E-state index in [2.05, 4.69) is 5.32 Å². The summed E-state index contributed by atoms with van der Waals surface area (Å²) in [7, 11) is 0. The lowest BCUT2D eigenvalue weighted by molar-refractivity contribution is 0.0697. The van der Waals surface area contributed by atoms with Crippen molar-refractivity contribution in [3.8, 4) is 0 Å². The van der Waals surface area contributed by atoms with Crippen molar-refractivity contribution in [3.63, 3.8) is 0 Å². The Hall–Kier alpha value is -2.82. The number of hydrogen-bond donors (Lipinski definition) is 3. The number of carboxylic acids is 1. The van der Waals surface area contributed by atoms with E-state index in [-0.39, 0.29) is 17.2 Å². The normalized spacial score (nSPS) is 10.2. The number of anilines is 2. The van der Waals surface area contributed by atoms with E-state index >= 15 is 0 Å². The Labute approximate surface area is 122 Å². The van der Waals surface area contributed by atoms with Crippen molar-refractivity contribution >= 4 is 23.3 Å². The molecule has 2 aromatic rings. The maximum atomic E-state index is 12.2. The predicted molar refractivity (Wildman–Crippen MR) is 81.7 cm³/mol. The van der Waals surface area contributed by atoms with Crippen molar-refractivity contribution in [3.05, 3.63) is 58.7 Å². The number of carbonyl (C=O) groups is 2. The molecule has 0 saturated heterocycles. The first-order valence-electron chi connectivity index (χ1n) is 6.39. The van der Waals surface area contributed by atoms with Gasteiger partial charge in [-0.1, -0.05) is 17.2 Å². The maximum absolute atomic E-state index is 12.2. The summed E-state index contributed by atoms with van der Waals surface area (Å²) in [5.41, 5.74) is 8.98. The molecule has 2 aromatic carbocycles.